The minimum absolute atomic E-state index is 0.120. The Morgan fingerprint density at radius 2 is 1.73 bits per heavy atom. The molecule has 0 saturated heterocycles. The van der Waals surface area contributed by atoms with Crippen molar-refractivity contribution in [3.63, 3.8) is 0 Å². The molecule has 0 aliphatic heterocycles. The van der Waals surface area contributed by atoms with Crippen LogP contribution >= 0.6 is 23.4 Å². The maximum absolute atomic E-state index is 11.9. The first kappa shape index (κ1) is 20.0. The van der Waals surface area contributed by atoms with Crippen LogP contribution in [0.2, 0.25) is 5.02 Å². The molecule has 0 spiro atoms. The summed E-state index contributed by atoms with van der Waals surface area (Å²) in [5.41, 5.74) is 3.75. The normalized spacial score (nSPS) is 11.1. The van der Waals surface area contributed by atoms with Crippen LogP contribution in [0.4, 0.5) is 5.69 Å². The van der Waals surface area contributed by atoms with Gasteiger partial charge >= 0.3 is 0 Å². The number of nitrogens with one attached hydrogen (secondary N) is 2. The second-order valence-corrected chi connectivity index (χ2v) is 7.13. The first-order chi connectivity index (χ1) is 12.5. The molecule has 7 heteroatoms. The standard InChI is InChI=1S/C19H20ClN3O2S/c1-14(13-19(25)21-16-5-3-2-4-6-16)22-23-18(24)11-12-26-17-9-7-15(20)8-10-17/h2-10H,11-13H2,1H3,(H,21,25)(H,23,24)/b22-14-. The Balaban J connectivity index is 1.67. The molecule has 2 aromatic carbocycles. The summed E-state index contributed by atoms with van der Waals surface area (Å²) >= 11 is 7.40. The van der Waals surface area contributed by atoms with Gasteiger partial charge in [0, 0.05) is 33.5 Å². The number of anilines is 1. The Morgan fingerprint density at radius 3 is 2.42 bits per heavy atom. The summed E-state index contributed by atoms with van der Waals surface area (Å²) in [6.45, 7) is 1.70. The number of hydrogen-bond acceptors (Lipinski definition) is 4. The van der Waals surface area contributed by atoms with E-state index in [-0.39, 0.29) is 18.2 Å². The van der Waals surface area contributed by atoms with Gasteiger partial charge in [-0.05, 0) is 43.3 Å². The molecule has 0 aromatic heterocycles. The first-order valence-electron chi connectivity index (χ1n) is 8.08. The second kappa shape index (κ2) is 10.6. The molecule has 0 unspecified atom stereocenters. The Bertz CT molecular complexity index is 764. The van der Waals surface area contributed by atoms with Gasteiger partial charge in [-0.3, -0.25) is 9.59 Å². The van der Waals surface area contributed by atoms with Crippen LogP contribution in [0, 0.1) is 0 Å². The zero-order chi connectivity index (χ0) is 18.8. The van der Waals surface area contributed by atoms with Crippen LogP contribution in [-0.2, 0) is 9.59 Å². The summed E-state index contributed by atoms with van der Waals surface area (Å²) in [4.78, 5) is 24.8. The summed E-state index contributed by atoms with van der Waals surface area (Å²) in [5, 5.41) is 7.43. The summed E-state index contributed by atoms with van der Waals surface area (Å²) < 4.78 is 0. The van der Waals surface area contributed by atoms with Crippen LogP contribution in [-0.4, -0.2) is 23.3 Å². The van der Waals surface area contributed by atoms with Gasteiger partial charge in [-0.1, -0.05) is 29.8 Å². The van der Waals surface area contributed by atoms with E-state index in [1.807, 2.05) is 54.6 Å². The largest absolute Gasteiger partial charge is 0.326 e. The molecule has 0 bridgehead atoms. The number of thioether (sulfide) groups is 1. The van der Waals surface area contributed by atoms with E-state index in [1.165, 1.54) is 0 Å². The molecule has 136 valence electrons. The van der Waals surface area contributed by atoms with E-state index in [0.29, 0.717) is 22.9 Å². The Kier molecular flexibility index (Phi) is 8.18. The summed E-state index contributed by atoms with van der Waals surface area (Å²) in [6.07, 6.45) is 0.453. The number of carbonyl (C=O) groups excluding carboxylic acids is 2. The van der Waals surface area contributed by atoms with E-state index < -0.39 is 0 Å². The fourth-order valence-corrected chi connectivity index (χ4v) is 2.98. The molecular formula is C19H20ClN3O2S. The molecule has 0 aliphatic rings. The number of halogens is 1. The molecule has 5 nitrogen and oxygen atoms in total. The summed E-state index contributed by atoms with van der Waals surface area (Å²) in [7, 11) is 0. The third kappa shape index (κ3) is 7.72. The third-order valence-corrected chi connectivity index (χ3v) is 4.52. The fraction of sp³-hybridized carbons (Fsp3) is 0.211. The summed E-state index contributed by atoms with van der Waals surface area (Å²) in [6, 6.07) is 16.7. The van der Waals surface area contributed by atoms with Crippen molar-refractivity contribution in [2.75, 3.05) is 11.1 Å². The first-order valence-corrected chi connectivity index (χ1v) is 9.44. The van der Waals surface area contributed by atoms with Gasteiger partial charge in [0.1, 0.15) is 0 Å². The van der Waals surface area contributed by atoms with Crippen molar-refractivity contribution in [1.82, 2.24) is 5.43 Å². The minimum Gasteiger partial charge on any atom is -0.326 e. The molecule has 2 aromatic rings. The van der Waals surface area contributed by atoms with Crippen LogP contribution in [0.3, 0.4) is 0 Å². The van der Waals surface area contributed by atoms with Crippen LogP contribution < -0.4 is 10.7 Å². The SMILES string of the molecule is C/C(CC(=O)Nc1ccccc1)=N/NC(=O)CCSc1ccc(Cl)cc1. The van der Waals surface area contributed by atoms with Gasteiger partial charge in [0.2, 0.25) is 11.8 Å². The van der Waals surface area contributed by atoms with E-state index in [2.05, 4.69) is 15.8 Å². The maximum Gasteiger partial charge on any atom is 0.240 e. The number of rotatable bonds is 8. The zero-order valence-electron chi connectivity index (χ0n) is 14.4. The number of hydrazone groups is 1. The second-order valence-electron chi connectivity index (χ2n) is 5.53. The molecule has 2 amide bonds. The molecule has 0 heterocycles. The van der Waals surface area contributed by atoms with E-state index >= 15 is 0 Å². The minimum atomic E-state index is -0.186. The number of benzene rings is 2. The van der Waals surface area contributed by atoms with Gasteiger partial charge in [-0.2, -0.15) is 5.10 Å². The van der Waals surface area contributed by atoms with Crippen molar-refractivity contribution in [1.29, 1.82) is 0 Å². The molecule has 2 rings (SSSR count). The average molecular weight is 390 g/mol. The van der Waals surface area contributed by atoms with E-state index in [9.17, 15) is 9.59 Å². The van der Waals surface area contributed by atoms with Gasteiger partial charge in [0.25, 0.3) is 0 Å². The van der Waals surface area contributed by atoms with E-state index in [4.69, 9.17) is 11.6 Å². The number of para-hydroxylation sites is 1. The highest BCUT2D eigenvalue weighted by Gasteiger charge is 2.06. The topological polar surface area (TPSA) is 70.6 Å². The van der Waals surface area contributed by atoms with Crippen molar-refractivity contribution in [2.24, 2.45) is 5.10 Å². The van der Waals surface area contributed by atoms with Crippen LogP contribution in [0.5, 0.6) is 0 Å². The highest BCUT2D eigenvalue weighted by Crippen LogP contribution is 2.20. The van der Waals surface area contributed by atoms with Crippen LogP contribution in [0.1, 0.15) is 19.8 Å². The van der Waals surface area contributed by atoms with Gasteiger partial charge in [0.05, 0.1) is 6.42 Å². The average Bonchev–Trinajstić information content (AvgIpc) is 2.62. The Labute approximate surface area is 162 Å². The third-order valence-electron chi connectivity index (χ3n) is 3.26. The van der Waals surface area contributed by atoms with Gasteiger partial charge in [0.15, 0.2) is 0 Å². The predicted molar refractivity (Wildman–Crippen MR) is 108 cm³/mol. The molecule has 0 aliphatic carbocycles. The zero-order valence-corrected chi connectivity index (χ0v) is 15.9. The fourth-order valence-electron chi connectivity index (χ4n) is 2.00. The quantitative estimate of drug-likeness (QED) is 0.400. The lowest BCUT2D eigenvalue weighted by atomic mass is 10.2. The number of nitrogens with zero attached hydrogens (tertiary/aromatic N) is 1. The maximum atomic E-state index is 11.9. The Morgan fingerprint density at radius 1 is 1.04 bits per heavy atom. The molecule has 0 radical (unpaired) electrons. The number of carbonyl (C=O) groups is 2. The summed E-state index contributed by atoms with van der Waals surface area (Å²) in [5.74, 6) is 0.274. The highest BCUT2D eigenvalue weighted by molar-refractivity contribution is 7.99. The van der Waals surface area contributed by atoms with Crippen LogP contribution in [0.25, 0.3) is 0 Å². The van der Waals surface area contributed by atoms with Crippen molar-refractivity contribution in [3.05, 3.63) is 59.6 Å². The predicted octanol–water partition coefficient (Wildman–Crippen LogP) is 4.34. The lowest BCUT2D eigenvalue weighted by Gasteiger charge is -2.05. The van der Waals surface area contributed by atoms with E-state index in [0.717, 1.165) is 10.6 Å². The van der Waals surface area contributed by atoms with Crippen molar-refractivity contribution < 1.29 is 9.59 Å². The van der Waals surface area contributed by atoms with Gasteiger partial charge < -0.3 is 5.32 Å². The van der Waals surface area contributed by atoms with Gasteiger partial charge in [-0.15, -0.1) is 11.8 Å². The molecule has 26 heavy (non-hydrogen) atoms. The van der Waals surface area contributed by atoms with Crippen molar-refractivity contribution in [3.8, 4) is 0 Å². The van der Waals surface area contributed by atoms with Crippen molar-refractivity contribution in [2.45, 2.75) is 24.7 Å². The van der Waals surface area contributed by atoms with Gasteiger partial charge in [-0.25, -0.2) is 5.43 Å². The molecule has 0 fully saturated rings. The van der Waals surface area contributed by atoms with Crippen molar-refractivity contribution >= 4 is 46.6 Å². The lowest BCUT2D eigenvalue weighted by Crippen LogP contribution is -2.21. The lowest BCUT2D eigenvalue weighted by molar-refractivity contribution is -0.120. The highest BCUT2D eigenvalue weighted by atomic mass is 35.5. The molecule has 0 atom stereocenters. The monoisotopic (exact) mass is 389 g/mol. The Hall–Kier alpha value is -2.31. The molecule has 2 N–H and O–H groups in total. The van der Waals surface area contributed by atoms with E-state index in [1.54, 1.807) is 18.7 Å². The molecular weight excluding hydrogens is 370 g/mol. The number of hydrogen-bond donors (Lipinski definition) is 2. The smallest absolute Gasteiger partial charge is 0.240 e. The number of amides is 2. The molecule has 0 saturated carbocycles. The van der Waals surface area contributed by atoms with Crippen LogP contribution in [0.15, 0.2) is 64.6 Å².